The summed E-state index contributed by atoms with van der Waals surface area (Å²) in [5.41, 5.74) is 2.19. The van der Waals surface area contributed by atoms with Crippen LogP contribution in [0.15, 0.2) is 16.6 Å². The highest BCUT2D eigenvalue weighted by Crippen LogP contribution is 2.36. The van der Waals surface area contributed by atoms with Crippen molar-refractivity contribution in [1.29, 1.82) is 0 Å². The first-order valence-electron chi connectivity index (χ1n) is 4.68. The second kappa shape index (κ2) is 4.96. The van der Waals surface area contributed by atoms with Gasteiger partial charge < -0.3 is 0 Å². The highest BCUT2D eigenvalue weighted by Gasteiger charge is 2.32. The van der Waals surface area contributed by atoms with E-state index in [-0.39, 0.29) is 0 Å². The summed E-state index contributed by atoms with van der Waals surface area (Å²) in [7, 11) is 0. The molecule has 0 spiro atoms. The molecule has 0 N–H and O–H groups in total. The number of benzene rings is 1. The Kier molecular flexibility index (Phi) is 4.29. The Morgan fingerprint density at radius 1 is 1.25 bits per heavy atom. The van der Waals surface area contributed by atoms with E-state index in [0.717, 1.165) is 15.6 Å². The third-order valence-corrected chi connectivity index (χ3v) is 3.54. The lowest BCUT2D eigenvalue weighted by Crippen LogP contribution is -2.11. The Bertz CT molecular complexity index is 388. The van der Waals surface area contributed by atoms with Crippen LogP contribution >= 0.6 is 27.5 Å². The average Bonchev–Trinajstić information content (AvgIpc) is 2.08. The molecule has 0 nitrogen and oxygen atoms in total. The molecule has 0 saturated heterocycles. The Labute approximate surface area is 106 Å². The van der Waals surface area contributed by atoms with E-state index in [2.05, 4.69) is 15.9 Å². The minimum atomic E-state index is -4.24. The molecule has 1 atom stereocenters. The van der Waals surface area contributed by atoms with Crippen molar-refractivity contribution < 1.29 is 13.2 Å². The van der Waals surface area contributed by atoms with Crippen LogP contribution < -0.4 is 0 Å². The SMILES string of the molecule is Cc1cc(C(Cl)CC(F)(F)F)c(C)cc1Br. The fourth-order valence-electron chi connectivity index (χ4n) is 1.45. The molecule has 0 radical (unpaired) electrons. The van der Waals surface area contributed by atoms with Crippen molar-refractivity contribution in [3.05, 3.63) is 33.3 Å². The molecule has 1 aromatic rings. The Hall–Kier alpha value is -0.220. The molecule has 0 saturated carbocycles. The molecule has 0 amide bonds. The number of hydrogen-bond donors (Lipinski definition) is 0. The Balaban J connectivity index is 3.00. The third kappa shape index (κ3) is 3.67. The zero-order valence-corrected chi connectivity index (χ0v) is 11.2. The van der Waals surface area contributed by atoms with E-state index < -0.39 is 18.0 Å². The van der Waals surface area contributed by atoms with E-state index in [0.29, 0.717) is 5.56 Å². The molecule has 0 aliphatic rings. The molecular weight excluding hydrogens is 304 g/mol. The fraction of sp³-hybridized carbons (Fsp3) is 0.455. The van der Waals surface area contributed by atoms with E-state index in [1.54, 1.807) is 19.1 Å². The maximum Gasteiger partial charge on any atom is 0.390 e. The minimum absolute atomic E-state index is 0.541. The molecule has 0 heterocycles. The summed E-state index contributed by atoms with van der Waals surface area (Å²) in [6, 6.07) is 3.49. The van der Waals surface area contributed by atoms with Gasteiger partial charge in [0.15, 0.2) is 0 Å². The average molecular weight is 316 g/mol. The molecule has 90 valence electrons. The number of aryl methyl sites for hydroxylation is 2. The summed E-state index contributed by atoms with van der Waals surface area (Å²) in [5, 5.41) is -1.02. The molecule has 1 unspecified atom stereocenters. The van der Waals surface area contributed by atoms with Gasteiger partial charge in [0.2, 0.25) is 0 Å². The highest BCUT2D eigenvalue weighted by atomic mass is 79.9. The zero-order valence-electron chi connectivity index (χ0n) is 8.83. The summed E-state index contributed by atoms with van der Waals surface area (Å²) < 4.78 is 37.5. The summed E-state index contributed by atoms with van der Waals surface area (Å²) in [4.78, 5) is 0. The van der Waals surface area contributed by atoms with Gasteiger partial charge in [0.05, 0.1) is 11.8 Å². The van der Waals surface area contributed by atoms with Crippen molar-refractivity contribution >= 4 is 27.5 Å². The summed E-state index contributed by atoms with van der Waals surface area (Å²) in [6.07, 6.45) is -5.24. The van der Waals surface area contributed by atoms with Crippen LogP contribution in [0.25, 0.3) is 0 Å². The van der Waals surface area contributed by atoms with Gasteiger partial charge in [-0.1, -0.05) is 22.0 Å². The van der Waals surface area contributed by atoms with Crippen molar-refractivity contribution in [1.82, 2.24) is 0 Å². The fourth-order valence-corrected chi connectivity index (χ4v) is 2.32. The standard InChI is InChI=1S/C11H11BrClF3/c1-6-4-9(12)7(2)3-8(6)10(13)5-11(14,15)16/h3-4,10H,5H2,1-2H3. The molecular formula is C11H11BrClF3. The first-order valence-corrected chi connectivity index (χ1v) is 5.91. The predicted molar refractivity (Wildman–Crippen MR) is 62.9 cm³/mol. The quantitative estimate of drug-likeness (QED) is 0.650. The van der Waals surface area contributed by atoms with E-state index in [1.165, 1.54) is 0 Å². The maximum absolute atomic E-state index is 12.2. The van der Waals surface area contributed by atoms with E-state index >= 15 is 0 Å². The van der Waals surface area contributed by atoms with Crippen LogP contribution in [-0.2, 0) is 0 Å². The third-order valence-electron chi connectivity index (χ3n) is 2.30. The lowest BCUT2D eigenvalue weighted by atomic mass is 10.0. The molecule has 16 heavy (non-hydrogen) atoms. The van der Waals surface area contributed by atoms with Crippen LogP contribution in [0, 0.1) is 13.8 Å². The van der Waals surface area contributed by atoms with Crippen LogP contribution in [0.2, 0.25) is 0 Å². The molecule has 1 aromatic carbocycles. The number of rotatable bonds is 2. The van der Waals surface area contributed by atoms with E-state index in [1.807, 2.05) is 6.92 Å². The zero-order chi connectivity index (χ0) is 12.5. The molecule has 0 fully saturated rings. The van der Waals surface area contributed by atoms with Gasteiger partial charge in [-0.15, -0.1) is 11.6 Å². The van der Waals surface area contributed by atoms with E-state index in [9.17, 15) is 13.2 Å². The van der Waals surface area contributed by atoms with Gasteiger partial charge in [0, 0.05) is 4.47 Å². The second-order valence-corrected chi connectivity index (χ2v) is 5.13. The molecule has 0 aliphatic carbocycles. The normalized spacial score (nSPS) is 13.9. The van der Waals surface area contributed by atoms with Gasteiger partial charge in [-0.3, -0.25) is 0 Å². The predicted octanol–water partition coefficient (Wildman–Crippen LogP) is 5.30. The summed E-state index contributed by atoms with van der Waals surface area (Å²) in [5.74, 6) is 0. The van der Waals surface area contributed by atoms with Crippen molar-refractivity contribution in [2.24, 2.45) is 0 Å². The second-order valence-electron chi connectivity index (χ2n) is 3.74. The van der Waals surface area contributed by atoms with Gasteiger partial charge in [-0.25, -0.2) is 0 Å². The van der Waals surface area contributed by atoms with E-state index in [4.69, 9.17) is 11.6 Å². The van der Waals surface area contributed by atoms with Crippen molar-refractivity contribution in [3.8, 4) is 0 Å². The highest BCUT2D eigenvalue weighted by molar-refractivity contribution is 9.10. The first-order chi connectivity index (χ1) is 7.20. The van der Waals surface area contributed by atoms with Gasteiger partial charge in [0.25, 0.3) is 0 Å². The summed E-state index contributed by atoms with van der Waals surface area (Å²) in [6.45, 7) is 3.58. The van der Waals surface area contributed by atoms with Crippen LogP contribution in [0.1, 0.15) is 28.5 Å². The van der Waals surface area contributed by atoms with Crippen molar-refractivity contribution in [2.75, 3.05) is 0 Å². The van der Waals surface area contributed by atoms with Gasteiger partial charge in [-0.2, -0.15) is 13.2 Å². The summed E-state index contributed by atoms with van der Waals surface area (Å²) >= 11 is 9.11. The van der Waals surface area contributed by atoms with Crippen LogP contribution in [0.3, 0.4) is 0 Å². The number of alkyl halides is 4. The van der Waals surface area contributed by atoms with Gasteiger partial charge in [-0.05, 0) is 36.6 Å². The van der Waals surface area contributed by atoms with Crippen molar-refractivity contribution in [2.45, 2.75) is 31.8 Å². The Morgan fingerprint density at radius 3 is 2.31 bits per heavy atom. The lowest BCUT2D eigenvalue weighted by molar-refractivity contribution is -0.134. The molecule has 5 heteroatoms. The minimum Gasteiger partial charge on any atom is -0.171 e. The van der Waals surface area contributed by atoms with Crippen LogP contribution in [-0.4, -0.2) is 6.18 Å². The Morgan fingerprint density at radius 2 is 1.81 bits per heavy atom. The largest absolute Gasteiger partial charge is 0.390 e. The van der Waals surface area contributed by atoms with Crippen molar-refractivity contribution in [3.63, 3.8) is 0 Å². The number of hydrogen-bond acceptors (Lipinski definition) is 0. The van der Waals surface area contributed by atoms with Gasteiger partial charge >= 0.3 is 6.18 Å². The molecule has 0 aliphatic heterocycles. The monoisotopic (exact) mass is 314 g/mol. The molecule has 1 rings (SSSR count). The topological polar surface area (TPSA) is 0 Å². The van der Waals surface area contributed by atoms with Crippen LogP contribution in [0.4, 0.5) is 13.2 Å². The number of halogens is 5. The van der Waals surface area contributed by atoms with Crippen LogP contribution in [0.5, 0.6) is 0 Å². The molecule has 0 bridgehead atoms. The first kappa shape index (κ1) is 13.8. The lowest BCUT2D eigenvalue weighted by Gasteiger charge is -2.16. The maximum atomic E-state index is 12.2. The smallest absolute Gasteiger partial charge is 0.171 e. The molecule has 0 aromatic heterocycles. The van der Waals surface area contributed by atoms with Gasteiger partial charge in [0.1, 0.15) is 0 Å².